The Balaban J connectivity index is 1.83. The first-order valence-electron chi connectivity index (χ1n) is 6.46. The zero-order chi connectivity index (χ0) is 12.1. The second kappa shape index (κ2) is 5.80. The van der Waals surface area contributed by atoms with Crippen molar-refractivity contribution in [2.45, 2.75) is 45.6 Å². The van der Waals surface area contributed by atoms with Crippen molar-refractivity contribution in [3.05, 3.63) is 29.6 Å². The number of hydrogen-bond donors (Lipinski definition) is 1. The van der Waals surface area contributed by atoms with E-state index in [2.05, 4.69) is 10.3 Å². The van der Waals surface area contributed by atoms with Gasteiger partial charge >= 0.3 is 0 Å². The van der Waals surface area contributed by atoms with Gasteiger partial charge in [-0.1, -0.05) is 25.3 Å². The summed E-state index contributed by atoms with van der Waals surface area (Å²) < 4.78 is 0. The van der Waals surface area contributed by atoms with Crippen LogP contribution in [-0.4, -0.2) is 10.9 Å². The second-order valence-electron chi connectivity index (χ2n) is 4.82. The number of aryl methyl sites for hydroxylation is 1. The molecule has 0 radical (unpaired) electrons. The molecule has 17 heavy (non-hydrogen) atoms. The number of aromatic nitrogens is 1. The van der Waals surface area contributed by atoms with Crippen molar-refractivity contribution < 1.29 is 4.79 Å². The number of carbonyl (C=O) groups excluding carboxylic acids is 1. The minimum atomic E-state index is 0.202. The van der Waals surface area contributed by atoms with Gasteiger partial charge in [0.15, 0.2) is 0 Å². The predicted octanol–water partition coefficient (Wildman–Crippen LogP) is 2.59. The molecule has 1 heterocycles. The summed E-state index contributed by atoms with van der Waals surface area (Å²) in [6, 6.07) is 5.89. The van der Waals surface area contributed by atoms with Gasteiger partial charge in [0.25, 0.3) is 0 Å². The van der Waals surface area contributed by atoms with E-state index in [1.165, 1.54) is 19.3 Å². The maximum absolute atomic E-state index is 11.9. The fourth-order valence-electron chi connectivity index (χ4n) is 2.38. The minimum Gasteiger partial charge on any atom is -0.350 e. The van der Waals surface area contributed by atoms with Gasteiger partial charge < -0.3 is 5.32 Å². The Morgan fingerprint density at radius 2 is 2.12 bits per heavy atom. The molecule has 0 bridgehead atoms. The number of carbonyl (C=O) groups is 1. The van der Waals surface area contributed by atoms with Crippen LogP contribution in [0.1, 0.15) is 43.5 Å². The van der Waals surface area contributed by atoms with Gasteiger partial charge in [0.1, 0.15) is 0 Å². The molecule has 1 saturated carbocycles. The quantitative estimate of drug-likeness (QED) is 0.870. The SMILES string of the molecule is Cc1cccc(CNC(=O)C2CCCCC2)n1. The lowest BCUT2D eigenvalue weighted by Crippen LogP contribution is -2.31. The highest BCUT2D eigenvalue weighted by Gasteiger charge is 2.20. The number of nitrogens with one attached hydrogen (secondary N) is 1. The van der Waals surface area contributed by atoms with Crippen LogP contribution in [0.3, 0.4) is 0 Å². The van der Waals surface area contributed by atoms with Gasteiger partial charge in [-0.05, 0) is 31.9 Å². The van der Waals surface area contributed by atoms with Crippen LogP contribution < -0.4 is 5.32 Å². The Labute approximate surface area is 103 Å². The van der Waals surface area contributed by atoms with Crippen LogP contribution in [0, 0.1) is 12.8 Å². The van der Waals surface area contributed by atoms with Crippen molar-refractivity contribution in [3.63, 3.8) is 0 Å². The van der Waals surface area contributed by atoms with E-state index in [0.29, 0.717) is 6.54 Å². The third-order valence-corrected chi connectivity index (χ3v) is 3.37. The molecule has 1 N–H and O–H groups in total. The fraction of sp³-hybridized carbons (Fsp3) is 0.571. The van der Waals surface area contributed by atoms with E-state index < -0.39 is 0 Å². The molecule has 0 atom stereocenters. The van der Waals surface area contributed by atoms with Gasteiger partial charge in [-0.3, -0.25) is 9.78 Å². The molecule has 92 valence electrons. The normalized spacial score (nSPS) is 16.8. The molecule has 3 nitrogen and oxygen atoms in total. The largest absolute Gasteiger partial charge is 0.350 e. The molecule has 2 rings (SSSR count). The summed E-state index contributed by atoms with van der Waals surface area (Å²) in [7, 11) is 0. The van der Waals surface area contributed by atoms with Crippen molar-refractivity contribution in [3.8, 4) is 0 Å². The molecule has 0 unspecified atom stereocenters. The molecule has 1 amide bonds. The van der Waals surface area contributed by atoms with E-state index in [-0.39, 0.29) is 11.8 Å². The molecule has 0 spiro atoms. The first kappa shape index (κ1) is 12.1. The number of hydrogen-bond acceptors (Lipinski definition) is 2. The lowest BCUT2D eigenvalue weighted by atomic mass is 9.89. The first-order valence-corrected chi connectivity index (χ1v) is 6.46. The predicted molar refractivity (Wildman–Crippen MR) is 67.4 cm³/mol. The molecule has 1 aromatic rings. The van der Waals surface area contributed by atoms with E-state index in [9.17, 15) is 4.79 Å². The lowest BCUT2D eigenvalue weighted by molar-refractivity contribution is -0.126. The molecule has 1 aliphatic rings. The van der Waals surface area contributed by atoms with Crippen molar-refractivity contribution in [1.82, 2.24) is 10.3 Å². The summed E-state index contributed by atoms with van der Waals surface area (Å²) in [4.78, 5) is 16.3. The number of nitrogens with zero attached hydrogens (tertiary/aromatic N) is 1. The van der Waals surface area contributed by atoms with Crippen LogP contribution in [0.25, 0.3) is 0 Å². The Hall–Kier alpha value is -1.38. The van der Waals surface area contributed by atoms with E-state index in [4.69, 9.17) is 0 Å². The van der Waals surface area contributed by atoms with E-state index in [0.717, 1.165) is 24.2 Å². The molecular weight excluding hydrogens is 212 g/mol. The Bertz CT molecular complexity index is 384. The van der Waals surface area contributed by atoms with Crippen LogP contribution in [0.4, 0.5) is 0 Å². The summed E-state index contributed by atoms with van der Waals surface area (Å²) >= 11 is 0. The molecule has 3 heteroatoms. The third-order valence-electron chi connectivity index (χ3n) is 3.37. The molecule has 0 saturated heterocycles. The van der Waals surface area contributed by atoms with E-state index >= 15 is 0 Å². The highest BCUT2D eigenvalue weighted by atomic mass is 16.1. The highest BCUT2D eigenvalue weighted by Crippen LogP contribution is 2.23. The fourth-order valence-corrected chi connectivity index (χ4v) is 2.38. The van der Waals surface area contributed by atoms with Gasteiger partial charge in [-0.25, -0.2) is 0 Å². The van der Waals surface area contributed by atoms with Crippen molar-refractivity contribution in [1.29, 1.82) is 0 Å². The zero-order valence-electron chi connectivity index (χ0n) is 10.4. The van der Waals surface area contributed by atoms with E-state index in [1.807, 2.05) is 25.1 Å². The Morgan fingerprint density at radius 3 is 2.82 bits per heavy atom. The standard InChI is InChI=1S/C14H20N2O/c1-11-6-5-9-13(16-11)10-15-14(17)12-7-3-2-4-8-12/h5-6,9,12H,2-4,7-8,10H2,1H3,(H,15,17). The van der Waals surface area contributed by atoms with Crippen LogP contribution >= 0.6 is 0 Å². The first-order chi connectivity index (χ1) is 8.25. The van der Waals surface area contributed by atoms with Gasteiger partial charge in [-0.15, -0.1) is 0 Å². The van der Waals surface area contributed by atoms with E-state index in [1.54, 1.807) is 0 Å². The summed E-state index contributed by atoms with van der Waals surface area (Å²) in [5, 5.41) is 2.99. The molecule has 1 aromatic heterocycles. The summed E-state index contributed by atoms with van der Waals surface area (Å²) in [5.74, 6) is 0.432. The Morgan fingerprint density at radius 1 is 1.35 bits per heavy atom. The summed E-state index contributed by atoms with van der Waals surface area (Å²) in [6.07, 6.45) is 5.77. The second-order valence-corrected chi connectivity index (χ2v) is 4.82. The topological polar surface area (TPSA) is 42.0 Å². The van der Waals surface area contributed by atoms with Gasteiger partial charge in [0.05, 0.1) is 12.2 Å². The lowest BCUT2D eigenvalue weighted by Gasteiger charge is -2.20. The average molecular weight is 232 g/mol. The van der Waals surface area contributed by atoms with Crippen LogP contribution in [0.15, 0.2) is 18.2 Å². The van der Waals surface area contributed by atoms with Crippen LogP contribution in [0.2, 0.25) is 0 Å². The maximum Gasteiger partial charge on any atom is 0.223 e. The Kier molecular flexibility index (Phi) is 4.13. The van der Waals surface area contributed by atoms with Gasteiger partial charge in [-0.2, -0.15) is 0 Å². The molecule has 0 aromatic carbocycles. The molecule has 1 fully saturated rings. The number of rotatable bonds is 3. The third kappa shape index (κ3) is 3.55. The summed E-state index contributed by atoms with van der Waals surface area (Å²) in [5.41, 5.74) is 1.93. The molecule has 1 aliphatic carbocycles. The van der Waals surface area contributed by atoms with Crippen LogP contribution in [-0.2, 0) is 11.3 Å². The van der Waals surface area contributed by atoms with Gasteiger partial charge in [0, 0.05) is 11.6 Å². The number of pyridine rings is 1. The highest BCUT2D eigenvalue weighted by molar-refractivity contribution is 5.78. The minimum absolute atomic E-state index is 0.202. The smallest absolute Gasteiger partial charge is 0.223 e. The zero-order valence-corrected chi connectivity index (χ0v) is 10.4. The monoisotopic (exact) mass is 232 g/mol. The van der Waals surface area contributed by atoms with Crippen molar-refractivity contribution >= 4 is 5.91 Å². The molecule has 0 aliphatic heterocycles. The van der Waals surface area contributed by atoms with Crippen molar-refractivity contribution in [2.75, 3.05) is 0 Å². The van der Waals surface area contributed by atoms with Gasteiger partial charge in [0.2, 0.25) is 5.91 Å². The van der Waals surface area contributed by atoms with Crippen molar-refractivity contribution in [2.24, 2.45) is 5.92 Å². The number of amides is 1. The molecular formula is C14H20N2O. The average Bonchev–Trinajstić information content (AvgIpc) is 2.37. The van der Waals surface area contributed by atoms with Crippen LogP contribution in [0.5, 0.6) is 0 Å². The summed E-state index contributed by atoms with van der Waals surface area (Å²) in [6.45, 7) is 2.52. The maximum atomic E-state index is 11.9.